The first-order valence-electron chi connectivity index (χ1n) is 6.82. The molecule has 1 heterocycles. The minimum absolute atomic E-state index is 0.169. The van der Waals surface area contributed by atoms with Crippen LogP contribution >= 0.6 is 22.6 Å². The van der Waals surface area contributed by atoms with Gasteiger partial charge in [0.25, 0.3) is 0 Å². The zero-order valence-electron chi connectivity index (χ0n) is 12.0. The van der Waals surface area contributed by atoms with E-state index in [1.807, 2.05) is 0 Å². The molecule has 0 amide bonds. The van der Waals surface area contributed by atoms with Crippen LogP contribution in [0, 0.1) is 3.57 Å². The topological polar surface area (TPSA) is 73.9 Å². The molecule has 0 aromatic heterocycles. The lowest BCUT2D eigenvalue weighted by molar-refractivity contribution is 0.173. The minimum Gasteiger partial charge on any atom is -0.492 e. The molecule has 0 fully saturated rings. The van der Waals surface area contributed by atoms with Crippen molar-refractivity contribution >= 4 is 32.6 Å². The molecule has 1 aliphatic rings. The van der Waals surface area contributed by atoms with E-state index >= 15 is 0 Å². The molecular weight excluding hydrogens is 433 g/mol. The molecular formula is C15H14INO5S. The molecule has 8 heteroatoms. The van der Waals surface area contributed by atoms with Crippen LogP contribution in [0.3, 0.4) is 0 Å². The first-order valence-corrected chi connectivity index (χ1v) is 9.38. The second-order valence-electron chi connectivity index (χ2n) is 4.72. The summed E-state index contributed by atoms with van der Waals surface area (Å²) in [4.78, 5) is 0.237. The Kier molecular flexibility index (Phi) is 4.93. The number of ether oxygens (including phenoxy) is 3. The third-order valence-electron chi connectivity index (χ3n) is 3.13. The van der Waals surface area contributed by atoms with Gasteiger partial charge >= 0.3 is 0 Å². The van der Waals surface area contributed by atoms with Gasteiger partial charge in [-0.1, -0.05) is 0 Å². The molecule has 3 rings (SSSR count). The second kappa shape index (κ2) is 6.93. The highest BCUT2D eigenvalue weighted by molar-refractivity contribution is 14.1. The number of nitrogens with one attached hydrogen (secondary N) is 1. The smallest absolute Gasteiger partial charge is 0.240 e. The molecule has 0 saturated carbocycles. The van der Waals surface area contributed by atoms with Gasteiger partial charge in [-0.15, -0.1) is 0 Å². The quantitative estimate of drug-likeness (QED) is 0.544. The molecule has 0 spiro atoms. The van der Waals surface area contributed by atoms with Gasteiger partial charge < -0.3 is 14.2 Å². The van der Waals surface area contributed by atoms with Gasteiger partial charge in [0.15, 0.2) is 11.5 Å². The molecule has 2 aromatic rings. The fourth-order valence-electron chi connectivity index (χ4n) is 2.01. The summed E-state index contributed by atoms with van der Waals surface area (Å²) in [6, 6.07) is 11.9. The van der Waals surface area contributed by atoms with Crippen LogP contribution in [0.4, 0.5) is 0 Å². The predicted molar refractivity (Wildman–Crippen MR) is 92.4 cm³/mol. The van der Waals surface area contributed by atoms with E-state index in [-0.39, 0.29) is 24.8 Å². The van der Waals surface area contributed by atoms with Gasteiger partial charge in [-0.25, -0.2) is 13.1 Å². The lowest BCUT2D eigenvalue weighted by Crippen LogP contribution is -2.28. The summed E-state index contributed by atoms with van der Waals surface area (Å²) in [5, 5.41) is 0. The lowest BCUT2D eigenvalue weighted by Gasteiger charge is -2.09. The Balaban J connectivity index is 1.52. The van der Waals surface area contributed by atoms with Gasteiger partial charge in [0, 0.05) is 16.2 Å². The standard InChI is InChI=1S/C15H14INO5S/c16-11-1-4-13(5-2-11)23(18,19)17-7-8-20-12-3-6-14-15(9-12)22-10-21-14/h1-6,9,17H,7-8,10H2. The molecule has 0 radical (unpaired) electrons. The molecule has 0 unspecified atom stereocenters. The molecule has 1 N–H and O–H groups in total. The number of benzene rings is 2. The molecule has 0 aliphatic carbocycles. The minimum atomic E-state index is -3.52. The number of hydrogen-bond donors (Lipinski definition) is 1. The molecule has 0 saturated heterocycles. The van der Waals surface area contributed by atoms with Crippen molar-refractivity contribution in [2.45, 2.75) is 4.90 Å². The monoisotopic (exact) mass is 447 g/mol. The second-order valence-corrected chi connectivity index (χ2v) is 7.73. The summed E-state index contributed by atoms with van der Waals surface area (Å²) in [6.07, 6.45) is 0. The van der Waals surface area contributed by atoms with Crippen LogP contribution in [-0.4, -0.2) is 28.4 Å². The molecule has 6 nitrogen and oxygen atoms in total. The van der Waals surface area contributed by atoms with Gasteiger partial charge in [0.05, 0.1) is 4.90 Å². The highest BCUT2D eigenvalue weighted by Gasteiger charge is 2.15. The normalized spacial score (nSPS) is 13.1. The van der Waals surface area contributed by atoms with E-state index in [2.05, 4.69) is 27.3 Å². The highest BCUT2D eigenvalue weighted by Crippen LogP contribution is 2.34. The van der Waals surface area contributed by atoms with Crippen molar-refractivity contribution in [1.82, 2.24) is 4.72 Å². The summed E-state index contributed by atoms with van der Waals surface area (Å²) < 4.78 is 43.7. The summed E-state index contributed by atoms with van der Waals surface area (Å²) >= 11 is 2.12. The number of fused-ring (bicyclic) bond motifs is 1. The van der Waals surface area contributed by atoms with Crippen molar-refractivity contribution in [3.05, 3.63) is 46.0 Å². The fourth-order valence-corrected chi connectivity index (χ4v) is 3.38. The summed E-state index contributed by atoms with van der Waals surface area (Å²) in [5.74, 6) is 1.90. The average molecular weight is 447 g/mol. The Bertz CT molecular complexity index is 792. The van der Waals surface area contributed by atoms with Crippen LogP contribution in [0.1, 0.15) is 0 Å². The summed E-state index contributed by atoms with van der Waals surface area (Å²) in [7, 11) is -3.52. The largest absolute Gasteiger partial charge is 0.492 e. The van der Waals surface area contributed by atoms with Crippen LogP contribution in [-0.2, 0) is 10.0 Å². The maximum absolute atomic E-state index is 12.1. The van der Waals surface area contributed by atoms with E-state index in [1.165, 1.54) is 0 Å². The SMILES string of the molecule is O=S(=O)(NCCOc1ccc2c(c1)OCO2)c1ccc(I)cc1. The first-order chi connectivity index (χ1) is 11.0. The van der Waals surface area contributed by atoms with Crippen molar-refractivity contribution < 1.29 is 22.6 Å². The molecule has 0 atom stereocenters. The molecule has 2 aromatic carbocycles. The molecule has 0 bridgehead atoms. The average Bonchev–Trinajstić information content (AvgIpc) is 3.00. The van der Waals surface area contributed by atoms with Crippen LogP contribution in [0.15, 0.2) is 47.4 Å². The number of sulfonamides is 1. The van der Waals surface area contributed by atoms with E-state index in [9.17, 15) is 8.42 Å². The van der Waals surface area contributed by atoms with E-state index < -0.39 is 10.0 Å². The number of hydrogen-bond acceptors (Lipinski definition) is 5. The summed E-state index contributed by atoms with van der Waals surface area (Å²) in [6.45, 7) is 0.584. The zero-order valence-corrected chi connectivity index (χ0v) is 15.0. The van der Waals surface area contributed by atoms with Crippen molar-refractivity contribution in [2.75, 3.05) is 19.9 Å². The zero-order chi connectivity index (χ0) is 16.3. The first kappa shape index (κ1) is 16.3. The Morgan fingerprint density at radius 1 is 1.09 bits per heavy atom. The van der Waals surface area contributed by atoms with Crippen molar-refractivity contribution in [2.24, 2.45) is 0 Å². The van der Waals surface area contributed by atoms with Crippen LogP contribution in [0.2, 0.25) is 0 Å². The van der Waals surface area contributed by atoms with Crippen LogP contribution in [0.25, 0.3) is 0 Å². The lowest BCUT2D eigenvalue weighted by atomic mass is 10.3. The maximum atomic E-state index is 12.1. The Morgan fingerprint density at radius 3 is 2.61 bits per heavy atom. The van der Waals surface area contributed by atoms with Gasteiger partial charge in [0.1, 0.15) is 12.4 Å². The van der Waals surface area contributed by atoms with Gasteiger partial charge in [-0.3, -0.25) is 0 Å². The Morgan fingerprint density at radius 2 is 1.83 bits per heavy atom. The van der Waals surface area contributed by atoms with Crippen molar-refractivity contribution in [1.29, 1.82) is 0 Å². The van der Waals surface area contributed by atoms with E-state index in [0.717, 1.165) is 3.57 Å². The van der Waals surface area contributed by atoms with Gasteiger partial charge in [-0.05, 0) is 59.0 Å². The Labute approximate surface area is 147 Å². The third-order valence-corrected chi connectivity index (χ3v) is 5.33. The van der Waals surface area contributed by atoms with E-state index in [0.29, 0.717) is 17.2 Å². The Hall–Kier alpha value is -1.52. The predicted octanol–water partition coefficient (Wildman–Crippen LogP) is 2.38. The fraction of sp³-hybridized carbons (Fsp3) is 0.200. The number of halogens is 1. The highest BCUT2D eigenvalue weighted by atomic mass is 127. The molecule has 122 valence electrons. The van der Waals surface area contributed by atoms with Crippen molar-refractivity contribution in [3.63, 3.8) is 0 Å². The van der Waals surface area contributed by atoms with Crippen LogP contribution in [0.5, 0.6) is 17.2 Å². The third kappa shape index (κ3) is 4.06. The maximum Gasteiger partial charge on any atom is 0.240 e. The summed E-state index contributed by atoms with van der Waals surface area (Å²) in [5.41, 5.74) is 0. The molecule has 23 heavy (non-hydrogen) atoms. The van der Waals surface area contributed by atoms with Crippen LogP contribution < -0.4 is 18.9 Å². The van der Waals surface area contributed by atoms with Gasteiger partial charge in [0.2, 0.25) is 16.8 Å². The molecule has 1 aliphatic heterocycles. The number of rotatable bonds is 6. The van der Waals surface area contributed by atoms with Gasteiger partial charge in [-0.2, -0.15) is 0 Å². The van der Waals surface area contributed by atoms with E-state index in [4.69, 9.17) is 14.2 Å². The van der Waals surface area contributed by atoms with Crippen molar-refractivity contribution in [3.8, 4) is 17.2 Å². The van der Waals surface area contributed by atoms with E-state index in [1.54, 1.807) is 42.5 Å².